The number of hydrogen-bond acceptors (Lipinski definition) is 3. The molecule has 0 bridgehead atoms. The molecule has 1 fully saturated rings. The van der Waals surface area contributed by atoms with Crippen LogP contribution in [-0.4, -0.2) is 26.9 Å². The number of anilines is 1. The maximum Gasteiger partial charge on any atom is 0.235 e. The van der Waals surface area contributed by atoms with Crippen molar-refractivity contribution >= 4 is 38.3 Å². The summed E-state index contributed by atoms with van der Waals surface area (Å²) in [5.41, 5.74) is 0.600. The highest BCUT2D eigenvalue weighted by Gasteiger charge is 2.23. The zero-order chi connectivity index (χ0) is 12.3. The van der Waals surface area contributed by atoms with Crippen LogP contribution in [0.15, 0.2) is 24.3 Å². The van der Waals surface area contributed by atoms with Crippen LogP contribution in [0.4, 0.5) is 5.69 Å². The van der Waals surface area contributed by atoms with Gasteiger partial charge < -0.3 is 4.74 Å². The topological polar surface area (TPSA) is 55.4 Å². The second kappa shape index (κ2) is 5.53. The van der Waals surface area contributed by atoms with E-state index in [2.05, 4.69) is 27.3 Å². The fourth-order valence-corrected chi connectivity index (χ4v) is 3.45. The number of hydrogen-bond donors (Lipinski definition) is 1. The Morgan fingerprint density at radius 3 is 2.65 bits per heavy atom. The van der Waals surface area contributed by atoms with Crippen LogP contribution in [0.1, 0.15) is 12.8 Å². The van der Waals surface area contributed by atoms with Crippen molar-refractivity contribution in [3.8, 4) is 0 Å². The molecule has 0 saturated carbocycles. The molecule has 0 spiro atoms. The first-order valence-corrected chi connectivity index (χ1v) is 8.16. The van der Waals surface area contributed by atoms with E-state index in [4.69, 9.17) is 4.74 Å². The third kappa shape index (κ3) is 4.11. The van der Waals surface area contributed by atoms with E-state index in [1.807, 2.05) is 12.1 Å². The van der Waals surface area contributed by atoms with Gasteiger partial charge in [0, 0.05) is 15.9 Å². The summed E-state index contributed by atoms with van der Waals surface area (Å²) < 4.78 is 32.7. The Labute approximate surface area is 115 Å². The number of benzene rings is 1. The number of nitrogens with one attached hydrogen (secondary N) is 1. The van der Waals surface area contributed by atoms with E-state index in [0.29, 0.717) is 12.3 Å². The molecule has 1 aliphatic rings. The highest BCUT2D eigenvalue weighted by molar-refractivity contribution is 14.1. The summed E-state index contributed by atoms with van der Waals surface area (Å²) in [5.74, 6) is 0.0407. The molecular formula is C11H14INO3S. The predicted octanol–water partition coefficient (Wildman–Crippen LogP) is 2.21. The number of ether oxygens (including phenoxy) is 1. The number of sulfonamides is 1. The van der Waals surface area contributed by atoms with Crippen LogP contribution in [0.2, 0.25) is 0 Å². The molecule has 1 aromatic carbocycles. The maximum atomic E-state index is 11.8. The second-order valence-corrected chi connectivity index (χ2v) is 7.04. The second-order valence-electron chi connectivity index (χ2n) is 4.03. The van der Waals surface area contributed by atoms with Crippen LogP contribution >= 0.6 is 22.6 Å². The first kappa shape index (κ1) is 13.1. The highest BCUT2D eigenvalue weighted by atomic mass is 127. The Bertz CT molecular complexity index is 466. The van der Waals surface area contributed by atoms with Gasteiger partial charge in [-0.3, -0.25) is 4.72 Å². The van der Waals surface area contributed by atoms with Gasteiger partial charge in [-0.25, -0.2) is 8.42 Å². The third-order valence-corrected chi connectivity index (χ3v) is 4.62. The molecule has 1 atom stereocenters. The summed E-state index contributed by atoms with van der Waals surface area (Å²) in [7, 11) is -3.31. The quantitative estimate of drug-likeness (QED) is 0.831. The standard InChI is InChI=1S/C11H14INO3S/c12-9-3-5-10(6-4-9)13-17(14,15)8-11-2-1-7-16-11/h3-6,11,13H,1-2,7-8H2. The molecule has 1 saturated heterocycles. The van der Waals surface area contributed by atoms with Crippen LogP contribution in [0.5, 0.6) is 0 Å². The van der Waals surface area contributed by atoms with E-state index in [1.54, 1.807) is 12.1 Å². The maximum absolute atomic E-state index is 11.8. The minimum atomic E-state index is -3.31. The monoisotopic (exact) mass is 367 g/mol. The molecule has 0 aliphatic carbocycles. The number of halogens is 1. The summed E-state index contributed by atoms with van der Waals surface area (Å²) in [6, 6.07) is 7.25. The molecule has 1 aromatic rings. The Hall–Kier alpha value is -0.340. The molecule has 0 aromatic heterocycles. The first-order chi connectivity index (χ1) is 8.05. The summed E-state index contributed by atoms with van der Waals surface area (Å²) in [6.45, 7) is 0.670. The largest absolute Gasteiger partial charge is 0.377 e. The van der Waals surface area contributed by atoms with E-state index in [1.165, 1.54) is 0 Å². The molecule has 2 rings (SSSR count). The molecule has 1 unspecified atom stereocenters. The van der Waals surface area contributed by atoms with Gasteiger partial charge in [0.05, 0.1) is 11.9 Å². The average molecular weight is 367 g/mol. The first-order valence-electron chi connectivity index (χ1n) is 5.43. The van der Waals surface area contributed by atoms with Crippen LogP contribution in [0, 0.1) is 3.57 Å². The molecule has 1 N–H and O–H groups in total. The van der Waals surface area contributed by atoms with Gasteiger partial charge in [-0.05, 0) is 59.7 Å². The van der Waals surface area contributed by atoms with Crippen molar-refractivity contribution in [2.75, 3.05) is 17.1 Å². The molecule has 6 heteroatoms. The van der Waals surface area contributed by atoms with Crippen molar-refractivity contribution < 1.29 is 13.2 Å². The van der Waals surface area contributed by atoms with Crippen LogP contribution in [-0.2, 0) is 14.8 Å². The fraction of sp³-hybridized carbons (Fsp3) is 0.455. The average Bonchev–Trinajstić information content (AvgIpc) is 2.73. The van der Waals surface area contributed by atoms with Gasteiger partial charge >= 0.3 is 0 Å². The van der Waals surface area contributed by atoms with Crippen LogP contribution in [0.3, 0.4) is 0 Å². The summed E-state index contributed by atoms with van der Waals surface area (Å²) >= 11 is 2.18. The lowest BCUT2D eigenvalue weighted by Crippen LogP contribution is -2.25. The highest BCUT2D eigenvalue weighted by Crippen LogP contribution is 2.17. The van der Waals surface area contributed by atoms with E-state index in [9.17, 15) is 8.42 Å². The van der Waals surface area contributed by atoms with Gasteiger partial charge in [0.1, 0.15) is 0 Å². The normalized spacial score (nSPS) is 20.4. The van der Waals surface area contributed by atoms with Gasteiger partial charge in [0.25, 0.3) is 0 Å². The van der Waals surface area contributed by atoms with E-state index < -0.39 is 10.0 Å². The van der Waals surface area contributed by atoms with Crippen molar-refractivity contribution in [2.45, 2.75) is 18.9 Å². The SMILES string of the molecule is O=S(=O)(CC1CCCO1)Nc1ccc(I)cc1. The minimum Gasteiger partial charge on any atom is -0.377 e. The summed E-state index contributed by atoms with van der Waals surface area (Å²) in [6.07, 6.45) is 1.62. The Kier molecular flexibility index (Phi) is 4.26. The molecule has 1 aliphatic heterocycles. The molecular weight excluding hydrogens is 353 g/mol. The van der Waals surface area contributed by atoms with E-state index in [0.717, 1.165) is 16.4 Å². The van der Waals surface area contributed by atoms with Crippen molar-refractivity contribution in [1.82, 2.24) is 0 Å². The zero-order valence-corrected chi connectivity index (χ0v) is 12.2. The van der Waals surface area contributed by atoms with E-state index in [-0.39, 0.29) is 11.9 Å². The Morgan fingerprint density at radius 2 is 2.06 bits per heavy atom. The lowest BCUT2D eigenvalue weighted by atomic mass is 10.3. The minimum absolute atomic E-state index is 0.0407. The molecule has 17 heavy (non-hydrogen) atoms. The Morgan fingerprint density at radius 1 is 1.35 bits per heavy atom. The van der Waals surface area contributed by atoms with Crippen molar-refractivity contribution in [1.29, 1.82) is 0 Å². The lowest BCUT2D eigenvalue weighted by Gasteiger charge is -2.12. The summed E-state index contributed by atoms with van der Waals surface area (Å²) in [5, 5.41) is 0. The smallest absolute Gasteiger partial charge is 0.235 e. The van der Waals surface area contributed by atoms with Gasteiger partial charge in [0.2, 0.25) is 10.0 Å². The zero-order valence-electron chi connectivity index (χ0n) is 9.23. The van der Waals surface area contributed by atoms with Gasteiger partial charge in [-0.2, -0.15) is 0 Å². The molecule has 0 radical (unpaired) electrons. The van der Waals surface area contributed by atoms with Crippen LogP contribution in [0.25, 0.3) is 0 Å². The van der Waals surface area contributed by atoms with Gasteiger partial charge in [-0.15, -0.1) is 0 Å². The van der Waals surface area contributed by atoms with Crippen molar-refractivity contribution in [3.05, 3.63) is 27.8 Å². The molecule has 4 nitrogen and oxygen atoms in total. The van der Waals surface area contributed by atoms with Crippen LogP contribution < -0.4 is 4.72 Å². The van der Waals surface area contributed by atoms with Gasteiger partial charge in [0.15, 0.2) is 0 Å². The third-order valence-electron chi connectivity index (χ3n) is 2.55. The molecule has 1 heterocycles. The molecule has 0 amide bonds. The molecule has 94 valence electrons. The number of rotatable bonds is 4. The Balaban J connectivity index is 1.98. The van der Waals surface area contributed by atoms with Crippen molar-refractivity contribution in [3.63, 3.8) is 0 Å². The van der Waals surface area contributed by atoms with Gasteiger partial charge in [-0.1, -0.05) is 0 Å². The lowest BCUT2D eigenvalue weighted by molar-refractivity contribution is 0.127. The predicted molar refractivity (Wildman–Crippen MR) is 75.5 cm³/mol. The van der Waals surface area contributed by atoms with Crippen molar-refractivity contribution in [2.24, 2.45) is 0 Å². The van der Waals surface area contributed by atoms with E-state index >= 15 is 0 Å². The fourth-order valence-electron chi connectivity index (χ4n) is 1.76. The summed E-state index contributed by atoms with van der Waals surface area (Å²) in [4.78, 5) is 0.